The van der Waals surface area contributed by atoms with Gasteiger partial charge in [-0.25, -0.2) is 4.98 Å². The van der Waals surface area contributed by atoms with Crippen LogP contribution in [0.15, 0.2) is 6.20 Å². The molecule has 1 atom stereocenters. The van der Waals surface area contributed by atoms with Crippen molar-refractivity contribution in [3.05, 3.63) is 11.1 Å². The second kappa shape index (κ2) is 4.31. The fourth-order valence-corrected chi connectivity index (χ4v) is 1.35. The van der Waals surface area contributed by atoms with E-state index in [1.165, 1.54) is 11.3 Å². The summed E-state index contributed by atoms with van der Waals surface area (Å²) in [4.78, 5) is 15.8. The molecule has 0 radical (unpaired) electrons. The molecule has 0 fully saturated rings. The number of aliphatic hydroxyl groups excluding tert-OH is 2. The predicted molar refractivity (Wildman–Crippen MR) is 48.6 cm³/mol. The topological polar surface area (TPSA) is 82.5 Å². The molecule has 6 heteroatoms. The van der Waals surface area contributed by atoms with Crippen molar-refractivity contribution in [3.63, 3.8) is 0 Å². The van der Waals surface area contributed by atoms with E-state index in [-0.39, 0.29) is 0 Å². The van der Waals surface area contributed by atoms with E-state index in [0.717, 1.165) is 4.88 Å². The highest BCUT2D eigenvalue weighted by molar-refractivity contribution is 7.15. The van der Waals surface area contributed by atoms with E-state index in [2.05, 4.69) is 10.3 Å². The maximum Gasteiger partial charge on any atom is 0.257 e. The van der Waals surface area contributed by atoms with Gasteiger partial charge in [-0.15, -0.1) is 11.3 Å². The van der Waals surface area contributed by atoms with Gasteiger partial charge in [0.15, 0.2) is 11.2 Å². The number of aromatic nitrogens is 1. The normalized spacial score (nSPS) is 12.5. The van der Waals surface area contributed by atoms with Crippen molar-refractivity contribution >= 4 is 22.4 Å². The number of carbonyl (C=O) groups excluding carboxylic acids is 1. The maximum atomic E-state index is 11.0. The summed E-state index contributed by atoms with van der Waals surface area (Å²) in [7, 11) is 0. The van der Waals surface area contributed by atoms with Crippen molar-refractivity contribution in [2.45, 2.75) is 13.0 Å². The largest absolute Gasteiger partial charge is 0.393 e. The van der Waals surface area contributed by atoms with Gasteiger partial charge < -0.3 is 10.2 Å². The maximum absolute atomic E-state index is 11.0. The fourth-order valence-electron chi connectivity index (χ4n) is 0.684. The van der Waals surface area contributed by atoms with Crippen molar-refractivity contribution in [2.75, 3.05) is 11.9 Å². The second-order valence-corrected chi connectivity index (χ2v) is 3.70. The Morgan fingerprint density at radius 1 is 1.85 bits per heavy atom. The van der Waals surface area contributed by atoms with E-state index < -0.39 is 18.6 Å². The monoisotopic (exact) mass is 202 g/mol. The molecule has 0 saturated heterocycles. The molecule has 1 amide bonds. The molecule has 13 heavy (non-hydrogen) atoms. The van der Waals surface area contributed by atoms with Crippen molar-refractivity contribution in [3.8, 4) is 0 Å². The molecule has 1 rings (SSSR count). The minimum atomic E-state index is -1.38. The smallest absolute Gasteiger partial charge is 0.257 e. The fraction of sp³-hybridized carbons (Fsp3) is 0.429. The van der Waals surface area contributed by atoms with Crippen LogP contribution < -0.4 is 5.32 Å². The number of nitrogens with zero attached hydrogens (tertiary/aromatic N) is 1. The SMILES string of the molecule is Cc1cnc(NC(=O)C(O)CO)s1. The van der Waals surface area contributed by atoms with Crippen molar-refractivity contribution < 1.29 is 15.0 Å². The van der Waals surface area contributed by atoms with Gasteiger partial charge in [-0.3, -0.25) is 10.1 Å². The van der Waals surface area contributed by atoms with Gasteiger partial charge in [0, 0.05) is 11.1 Å². The summed E-state index contributed by atoms with van der Waals surface area (Å²) in [5.41, 5.74) is 0. The zero-order valence-corrected chi connectivity index (χ0v) is 7.84. The Hall–Kier alpha value is -0.980. The van der Waals surface area contributed by atoms with Crippen LogP contribution in [0.4, 0.5) is 5.13 Å². The Balaban J connectivity index is 2.54. The highest BCUT2D eigenvalue weighted by atomic mass is 32.1. The van der Waals surface area contributed by atoms with Crippen molar-refractivity contribution in [2.24, 2.45) is 0 Å². The Bertz CT molecular complexity index is 300. The van der Waals surface area contributed by atoms with E-state index in [4.69, 9.17) is 10.2 Å². The second-order valence-electron chi connectivity index (χ2n) is 2.46. The average Bonchev–Trinajstić information content (AvgIpc) is 2.49. The first-order valence-corrected chi connectivity index (χ1v) is 4.47. The molecular weight excluding hydrogens is 192 g/mol. The van der Waals surface area contributed by atoms with Gasteiger partial charge in [-0.05, 0) is 6.92 Å². The van der Waals surface area contributed by atoms with Crippen molar-refractivity contribution in [1.29, 1.82) is 0 Å². The standard InChI is InChI=1S/C7H10N2O3S/c1-4-2-8-7(13-4)9-6(12)5(11)3-10/h2,5,10-11H,3H2,1H3,(H,8,9,12). The van der Waals surface area contributed by atoms with Gasteiger partial charge >= 0.3 is 0 Å². The predicted octanol–water partition coefficient (Wildman–Crippen LogP) is -0.257. The summed E-state index contributed by atoms with van der Waals surface area (Å²) in [5, 5.41) is 20.2. The highest BCUT2D eigenvalue weighted by Crippen LogP contribution is 2.16. The number of anilines is 1. The Labute approximate surface area is 79.1 Å². The van der Waals surface area contributed by atoms with Crippen LogP contribution in [0.1, 0.15) is 4.88 Å². The van der Waals surface area contributed by atoms with E-state index in [1.807, 2.05) is 6.92 Å². The quantitative estimate of drug-likeness (QED) is 0.631. The Morgan fingerprint density at radius 3 is 3.00 bits per heavy atom. The lowest BCUT2D eigenvalue weighted by Gasteiger charge is -2.05. The molecule has 0 aliphatic carbocycles. The molecule has 0 aliphatic heterocycles. The molecular formula is C7H10N2O3S. The highest BCUT2D eigenvalue weighted by Gasteiger charge is 2.14. The number of aliphatic hydroxyl groups is 2. The summed E-state index contributed by atoms with van der Waals surface area (Å²) in [6.45, 7) is 1.27. The summed E-state index contributed by atoms with van der Waals surface area (Å²) < 4.78 is 0. The first-order valence-electron chi connectivity index (χ1n) is 3.65. The molecule has 0 spiro atoms. The third-order valence-electron chi connectivity index (χ3n) is 1.33. The number of rotatable bonds is 3. The van der Waals surface area contributed by atoms with Crippen LogP contribution in [0.2, 0.25) is 0 Å². The zero-order chi connectivity index (χ0) is 9.84. The third kappa shape index (κ3) is 2.76. The van der Waals surface area contributed by atoms with Crippen LogP contribution in [0.5, 0.6) is 0 Å². The Kier molecular flexibility index (Phi) is 3.35. The summed E-state index contributed by atoms with van der Waals surface area (Å²) in [6, 6.07) is 0. The molecule has 0 saturated carbocycles. The first-order chi connectivity index (χ1) is 6.13. The van der Waals surface area contributed by atoms with Gasteiger partial charge in [-0.2, -0.15) is 0 Å². The van der Waals surface area contributed by atoms with E-state index in [0.29, 0.717) is 5.13 Å². The van der Waals surface area contributed by atoms with Gasteiger partial charge in [0.2, 0.25) is 0 Å². The minimum absolute atomic E-state index is 0.426. The lowest BCUT2D eigenvalue weighted by atomic mass is 10.4. The molecule has 1 aromatic heterocycles. The van der Waals surface area contributed by atoms with Crippen LogP contribution in [0, 0.1) is 6.92 Å². The van der Waals surface area contributed by atoms with Gasteiger partial charge in [0.1, 0.15) is 0 Å². The van der Waals surface area contributed by atoms with E-state index >= 15 is 0 Å². The van der Waals surface area contributed by atoms with Gasteiger partial charge in [0.25, 0.3) is 5.91 Å². The summed E-state index contributed by atoms with van der Waals surface area (Å²) >= 11 is 1.31. The van der Waals surface area contributed by atoms with Crippen LogP contribution in [-0.4, -0.2) is 33.8 Å². The first kappa shape index (κ1) is 10.1. The number of thiazole rings is 1. The van der Waals surface area contributed by atoms with E-state index in [9.17, 15) is 4.79 Å². The Morgan fingerprint density at radius 2 is 2.54 bits per heavy atom. The molecule has 5 nitrogen and oxygen atoms in total. The molecule has 0 bridgehead atoms. The lowest BCUT2D eigenvalue weighted by molar-refractivity contribution is -0.125. The number of nitrogens with one attached hydrogen (secondary N) is 1. The molecule has 3 N–H and O–H groups in total. The van der Waals surface area contributed by atoms with Gasteiger partial charge in [-0.1, -0.05) is 0 Å². The number of hydrogen-bond acceptors (Lipinski definition) is 5. The summed E-state index contributed by atoms with van der Waals surface area (Å²) in [6.07, 6.45) is 0.232. The molecule has 1 aromatic rings. The van der Waals surface area contributed by atoms with Gasteiger partial charge in [0.05, 0.1) is 6.61 Å². The third-order valence-corrected chi connectivity index (χ3v) is 2.16. The van der Waals surface area contributed by atoms with E-state index in [1.54, 1.807) is 6.20 Å². The molecule has 1 unspecified atom stereocenters. The average molecular weight is 202 g/mol. The van der Waals surface area contributed by atoms with Crippen LogP contribution >= 0.6 is 11.3 Å². The van der Waals surface area contributed by atoms with Crippen LogP contribution in [0.3, 0.4) is 0 Å². The number of hydrogen-bond donors (Lipinski definition) is 3. The number of aryl methyl sites for hydroxylation is 1. The minimum Gasteiger partial charge on any atom is -0.393 e. The molecule has 0 aliphatic rings. The number of amides is 1. The summed E-state index contributed by atoms with van der Waals surface area (Å²) in [5.74, 6) is -0.642. The molecule has 1 heterocycles. The molecule has 0 aromatic carbocycles. The lowest BCUT2D eigenvalue weighted by Crippen LogP contribution is -2.30. The zero-order valence-electron chi connectivity index (χ0n) is 7.02. The number of carbonyl (C=O) groups is 1. The molecule has 72 valence electrons. The van der Waals surface area contributed by atoms with Crippen LogP contribution in [0.25, 0.3) is 0 Å². The van der Waals surface area contributed by atoms with Crippen LogP contribution in [-0.2, 0) is 4.79 Å². The van der Waals surface area contributed by atoms with Crippen molar-refractivity contribution in [1.82, 2.24) is 4.98 Å².